The lowest BCUT2D eigenvalue weighted by Crippen LogP contribution is -2.59. The minimum Gasteiger partial charge on any atom is -0.387 e. The van der Waals surface area contributed by atoms with E-state index in [9.17, 15) is 5.11 Å². The molecule has 19 heavy (non-hydrogen) atoms. The summed E-state index contributed by atoms with van der Waals surface area (Å²) >= 11 is 0. The summed E-state index contributed by atoms with van der Waals surface area (Å²) in [5.41, 5.74) is 7.39. The molecule has 0 saturated heterocycles. The first kappa shape index (κ1) is 14.5. The summed E-state index contributed by atoms with van der Waals surface area (Å²) < 4.78 is 5.29. The standard InChI is InChI=1S/C16H25NO2/c1-3-16(18,12-19-2)15(11-17)10-6-8-13-7-4-5-9-14(13)15/h4-5,7,9,18H,3,6,8,10-12,17H2,1-2H3. The zero-order valence-corrected chi connectivity index (χ0v) is 12.0. The van der Waals surface area contributed by atoms with Crippen LogP contribution >= 0.6 is 0 Å². The van der Waals surface area contributed by atoms with Gasteiger partial charge in [0.05, 0.1) is 12.2 Å². The monoisotopic (exact) mass is 263 g/mol. The molecule has 3 N–H and O–H groups in total. The van der Waals surface area contributed by atoms with Gasteiger partial charge in [-0.25, -0.2) is 0 Å². The number of ether oxygens (including phenoxy) is 1. The van der Waals surface area contributed by atoms with Crippen LogP contribution < -0.4 is 5.73 Å². The Kier molecular flexibility index (Phi) is 4.29. The molecule has 1 aliphatic rings. The van der Waals surface area contributed by atoms with E-state index in [-0.39, 0.29) is 5.41 Å². The fraction of sp³-hybridized carbons (Fsp3) is 0.625. The summed E-state index contributed by atoms with van der Waals surface area (Å²) in [7, 11) is 1.64. The lowest BCUT2D eigenvalue weighted by atomic mass is 9.60. The van der Waals surface area contributed by atoms with Crippen LogP contribution in [-0.2, 0) is 16.6 Å². The smallest absolute Gasteiger partial charge is 0.0985 e. The second-order valence-corrected chi connectivity index (χ2v) is 5.62. The molecule has 2 unspecified atom stereocenters. The molecule has 0 aromatic heterocycles. The first-order valence-electron chi connectivity index (χ1n) is 7.13. The van der Waals surface area contributed by atoms with Crippen molar-refractivity contribution in [2.24, 2.45) is 5.73 Å². The van der Waals surface area contributed by atoms with Gasteiger partial charge in [-0.2, -0.15) is 0 Å². The van der Waals surface area contributed by atoms with Crippen LogP contribution in [0.4, 0.5) is 0 Å². The van der Waals surface area contributed by atoms with Crippen LogP contribution in [0.15, 0.2) is 24.3 Å². The largest absolute Gasteiger partial charge is 0.387 e. The summed E-state index contributed by atoms with van der Waals surface area (Å²) in [4.78, 5) is 0. The van der Waals surface area contributed by atoms with Crippen LogP contribution in [0.2, 0.25) is 0 Å². The lowest BCUT2D eigenvalue weighted by Gasteiger charge is -2.49. The van der Waals surface area contributed by atoms with Gasteiger partial charge >= 0.3 is 0 Å². The molecule has 0 amide bonds. The molecule has 2 atom stereocenters. The van der Waals surface area contributed by atoms with E-state index in [1.165, 1.54) is 11.1 Å². The third-order valence-electron chi connectivity index (χ3n) is 4.79. The second kappa shape index (κ2) is 5.61. The Morgan fingerprint density at radius 1 is 1.42 bits per heavy atom. The number of rotatable bonds is 5. The molecule has 0 fully saturated rings. The van der Waals surface area contributed by atoms with Crippen LogP contribution in [0.25, 0.3) is 0 Å². The van der Waals surface area contributed by atoms with Crippen molar-refractivity contribution in [3.63, 3.8) is 0 Å². The van der Waals surface area contributed by atoms with Crippen molar-refractivity contribution >= 4 is 0 Å². The Balaban J connectivity index is 2.55. The molecule has 0 aliphatic heterocycles. The summed E-state index contributed by atoms with van der Waals surface area (Å²) in [5, 5.41) is 11.1. The van der Waals surface area contributed by atoms with E-state index in [4.69, 9.17) is 10.5 Å². The molecule has 0 spiro atoms. The lowest BCUT2D eigenvalue weighted by molar-refractivity contribution is -0.0959. The minimum absolute atomic E-state index is 0.328. The van der Waals surface area contributed by atoms with Gasteiger partial charge in [-0.15, -0.1) is 0 Å². The van der Waals surface area contributed by atoms with Gasteiger partial charge in [0, 0.05) is 19.1 Å². The number of aryl methyl sites for hydroxylation is 1. The van der Waals surface area contributed by atoms with Crippen LogP contribution in [0.1, 0.15) is 37.3 Å². The Hall–Kier alpha value is -0.900. The van der Waals surface area contributed by atoms with E-state index in [0.717, 1.165) is 19.3 Å². The summed E-state index contributed by atoms with van der Waals surface area (Å²) in [6.07, 6.45) is 3.71. The quantitative estimate of drug-likeness (QED) is 0.854. The molecule has 0 radical (unpaired) electrons. The zero-order chi connectivity index (χ0) is 13.9. The normalized spacial score (nSPS) is 25.7. The third-order valence-corrected chi connectivity index (χ3v) is 4.79. The number of benzene rings is 1. The number of aliphatic hydroxyl groups is 1. The number of hydrogen-bond donors (Lipinski definition) is 2. The highest BCUT2D eigenvalue weighted by Gasteiger charge is 2.51. The van der Waals surface area contributed by atoms with E-state index in [1.807, 2.05) is 13.0 Å². The topological polar surface area (TPSA) is 55.5 Å². The van der Waals surface area contributed by atoms with Crippen LogP contribution in [0, 0.1) is 0 Å². The number of nitrogens with two attached hydrogens (primary N) is 1. The molecule has 0 saturated carbocycles. The van der Waals surface area contributed by atoms with Gasteiger partial charge in [-0.05, 0) is 36.8 Å². The summed E-state index contributed by atoms with van der Waals surface area (Å²) in [6, 6.07) is 8.38. The van der Waals surface area contributed by atoms with Gasteiger partial charge in [0.15, 0.2) is 0 Å². The minimum atomic E-state index is -0.896. The average molecular weight is 263 g/mol. The van der Waals surface area contributed by atoms with E-state index in [2.05, 4.69) is 18.2 Å². The molecule has 1 aromatic carbocycles. The van der Waals surface area contributed by atoms with Crippen LogP contribution in [0.5, 0.6) is 0 Å². The van der Waals surface area contributed by atoms with E-state index in [1.54, 1.807) is 7.11 Å². The molecular formula is C16H25NO2. The fourth-order valence-corrected chi connectivity index (χ4v) is 3.62. The van der Waals surface area contributed by atoms with Gasteiger partial charge in [0.25, 0.3) is 0 Å². The maximum absolute atomic E-state index is 11.1. The van der Waals surface area contributed by atoms with Crippen molar-refractivity contribution in [1.82, 2.24) is 0 Å². The van der Waals surface area contributed by atoms with E-state index < -0.39 is 5.60 Å². The number of methoxy groups -OCH3 is 1. The van der Waals surface area contributed by atoms with Crippen molar-refractivity contribution < 1.29 is 9.84 Å². The second-order valence-electron chi connectivity index (χ2n) is 5.62. The highest BCUT2D eigenvalue weighted by atomic mass is 16.5. The Morgan fingerprint density at radius 2 is 2.16 bits per heavy atom. The SMILES string of the molecule is CCC(O)(COC)C1(CN)CCCc2ccccc21. The maximum atomic E-state index is 11.1. The van der Waals surface area contributed by atoms with Crippen molar-refractivity contribution in [3.8, 4) is 0 Å². The first-order chi connectivity index (χ1) is 9.13. The molecule has 1 aromatic rings. The Labute approximate surface area is 115 Å². The molecule has 0 bridgehead atoms. The molecule has 106 valence electrons. The summed E-state index contributed by atoms with van der Waals surface area (Å²) in [5.74, 6) is 0. The average Bonchev–Trinajstić information content (AvgIpc) is 2.46. The van der Waals surface area contributed by atoms with E-state index >= 15 is 0 Å². The van der Waals surface area contributed by atoms with Crippen molar-refractivity contribution in [2.75, 3.05) is 20.3 Å². The summed E-state index contributed by atoms with van der Waals surface area (Å²) in [6.45, 7) is 2.79. The molecule has 3 heteroatoms. The highest BCUT2D eigenvalue weighted by Crippen LogP contribution is 2.45. The van der Waals surface area contributed by atoms with Gasteiger partial charge in [-0.3, -0.25) is 0 Å². The van der Waals surface area contributed by atoms with Crippen molar-refractivity contribution in [3.05, 3.63) is 35.4 Å². The van der Waals surface area contributed by atoms with Gasteiger partial charge in [0.2, 0.25) is 0 Å². The Bertz CT molecular complexity index is 435. The third kappa shape index (κ3) is 2.20. The predicted octanol–water partition coefficient (Wildman–Crippen LogP) is 2.01. The fourth-order valence-electron chi connectivity index (χ4n) is 3.62. The first-order valence-corrected chi connectivity index (χ1v) is 7.13. The molecule has 0 heterocycles. The molecule has 2 rings (SSSR count). The van der Waals surface area contributed by atoms with Crippen LogP contribution in [0.3, 0.4) is 0 Å². The maximum Gasteiger partial charge on any atom is 0.0985 e. The zero-order valence-electron chi connectivity index (χ0n) is 12.0. The highest BCUT2D eigenvalue weighted by molar-refractivity contribution is 5.40. The number of fused-ring (bicyclic) bond motifs is 1. The predicted molar refractivity (Wildman–Crippen MR) is 77.2 cm³/mol. The van der Waals surface area contributed by atoms with Crippen molar-refractivity contribution in [1.29, 1.82) is 0 Å². The van der Waals surface area contributed by atoms with Gasteiger partial charge in [0.1, 0.15) is 0 Å². The number of hydrogen-bond acceptors (Lipinski definition) is 3. The van der Waals surface area contributed by atoms with Gasteiger partial charge in [-0.1, -0.05) is 31.2 Å². The van der Waals surface area contributed by atoms with Crippen molar-refractivity contribution in [2.45, 2.75) is 43.6 Å². The Morgan fingerprint density at radius 3 is 2.79 bits per heavy atom. The molecular weight excluding hydrogens is 238 g/mol. The van der Waals surface area contributed by atoms with E-state index in [0.29, 0.717) is 19.6 Å². The van der Waals surface area contributed by atoms with Gasteiger partial charge < -0.3 is 15.6 Å². The van der Waals surface area contributed by atoms with Crippen LogP contribution in [-0.4, -0.2) is 31.0 Å². The molecule has 1 aliphatic carbocycles. The molecule has 3 nitrogen and oxygen atoms in total.